The molecule has 9 heteroatoms. The van der Waals surface area contributed by atoms with E-state index in [2.05, 4.69) is 41.5 Å². The molecule has 13 atom stereocenters. The molecular weight excluding hydrogens is 594 g/mol. The lowest BCUT2D eigenvalue weighted by Crippen LogP contribution is -2.70. The Morgan fingerprint density at radius 1 is 0.936 bits per heavy atom. The van der Waals surface area contributed by atoms with Crippen molar-refractivity contribution < 1.29 is 28.9 Å². The summed E-state index contributed by atoms with van der Waals surface area (Å²) >= 11 is 0. The van der Waals surface area contributed by atoms with E-state index in [1.807, 2.05) is 4.90 Å². The molecule has 264 valence electrons. The number of rotatable bonds is 5. The first kappa shape index (κ1) is 32.6. The van der Waals surface area contributed by atoms with E-state index in [0.29, 0.717) is 11.8 Å². The molecular formula is C38H61N3O6. The van der Waals surface area contributed by atoms with Crippen LogP contribution in [-0.4, -0.2) is 89.3 Å². The van der Waals surface area contributed by atoms with Crippen molar-refractivity contribution in [3.8, 4) is 0 Å². The molecule has 3 N–H and O–H groups in total. The van der Waals surface area contributed by atoms with E-state index in [1.165, 1.54) is 6.42 Å². The lowest BCUT2D eigenvalue weighted by Gasteiger charge is -2.63. The van der Waals surface area contributed by atoms with Gasteiger partial charge >= 0.3 is 12.2 Å². The maximum atomic E-state index is 13.0. The Morgan fingerprint density at radius 2 is 1.57 bits per heavy atom. The van der Waals surface area contributed by atoms with Crippen molar-refractivity contribution in [3.05, 3.63) is 0 Å². The van der Waals surface area contributed by atoms with E-state index in [9.17, 15) is 14.7 Å². The molecule has 9 nitrogen and oxygen atoms in total. The lowest BCUT2D eigenvalue weighted by atomic mass is 9.43. The highest BCUT2D eigenvalue weighted by Crippen LogP contribution is 2.87. The van der Waals surface area contributed by atoms with Crippen LogP contribution in [0.4, 0.5) is 9.59 Å². The molecule has 47 heavy (non-hydrogen) atoms. The van der Waals surface area contributed by atoms with Crippen molar-refractivity contribution >= 4 is 12.2 Å². The van der Waals surface area contributed by atoms with Crippen LogP contribution in [0.25, 0.3) is 0 Å². The summed E-state index contributed by atoms with van der Waals surface area (Å²) in [5, 5.41) is 12.6. The zero-order valence-electron chi connectivity index (χ0n) is 29.8. The molecule has 3 saturated heterocycles. The number of aliphatic hydroxyl groups excluding tert-OH is 1. The molecule has 0 aromatic rings. The molecule has 0 bridgehead atoms. The Morgan fingerprint density at radius 3 is 2.19 bits per heavy atom. The highest BCUT2D eigenvalue weighted by Gasteiger charge is 2.85. The number of nitrogens with zero attached hydrogens (tertiary/aromatic N) is 2. The number of aliphatic hydroxyl groups is 1. The number of amides is 2. The van der Waals surface area contributed by atoms with Crippen molar-refractivity contribution in [1.29, 1.82) is 0 Å². The third kappa shape index (κ3) is 4.17. The van der Waals surface area contributed by atoms with Crippen LogP contribution in [0, 0.1) is 51.2 Å². The van der Waals surface area contributed by atoms with Gasteiger partial charge in [-0.15, -0.1) is 0 Å². The summed E-state index contributed by atoms with van der Waals surface area (Å²) in [4.78, 5) is 29.5. The summed E-state index contributed by atoms with van der Waals surface area (Å²) in [6.45, 7) is 16.7. The van der Waals surface area contributed by atoms with Crippen molar-refractivity contribution in [2.24, 2.45) is 57.0 Å². The Bertz CT molecular complexity index is 1280. The second kappa shape index (κ2) is 10.7. The Kier molecular flexibility index (Phi) is 7.43. The fourth-order valence-corrected chi connectivity index (χ4v) is 13.6. The van der Waals surface area contributed by atoms with Crippen LogP contribution < -0.4 is 5.73 Å². The van der Waals surface area contributed by atoms with Crippen LogP contribution in [0.3, 0.4) is 0 Å². The molecule has 8 fully saturated rings. The minimum atomic E-state index is -0.758. The maximum Gasteiger partial charge on any atom is 0.410 e. The van der Waals surface area contributed by atoms with Gasteiger partial charge in [0.2, 0.25) is 0 Å². The van der Waals surface area contributed by atoms with Crippen LogP contribution in [0.1, 0.15) is 112 Å². The van der Waals surface area contributed by atoms with Crippen LogP contribution in [0.15, 0.2) is 0 Å². The first-order chi connectivity index (χ1) is 22.2. The van der Waals surface area contributed by atoms with E-state index >= 15 is 0 Å². The maximum absolute atomic E-state index is 13.0. The minimum absolute atomic E-state index is 0.0548. The zero-order valence-corrected chi connectivity index (χ0v) is 29.8. The van der Waals surface area contributed by atoms with Gasteiger partial charge in [-0.2, -0.15) is 0 Å². The van der Waals surface area contributed by atoms with Crippen LogP contribution >= 0.6 is 0 Å². The van der Waals surface area contributed by atoms with Gasteiger partial charge in [-0.1, -0.05) is 48.0 Å². The van der Waals surface area contributed by atoms with Gasteiger partial charge in [-0.3, -0.25) is 0 Å². The number of carbonyl (C=O) groups is 2. The molecule has 5 aliphatic carbocycles. The van der Waals surface area contributed by atoms with Crippen molar-refractivity contribution in [2.45, 2.75) is 148 Å². The monoisotopic (exact) mass is 655 g/mol. The zero-order chi connectivity index (χ0) is 33.3. The SMILES string of the molecule is CCC1CC(C(OC(=O)N2CCC2)C(C)C)OC2C1C1(C)CCC34CC35CCC(OC(=O)N3CCC3)C(C)(C)C5CCC4C1(N)C2O. The predicted molar refractivity (Wildman–Crippen MR) is 177 cm³/mol. The summed E-state index contributed by atoms with van der Waals surface area (Å²) < 4.78 is 19.4. The Hall–Kier alpha value is -1.58. The smallest absolute Gasteiger partial charge is 0.410 e. The topological polar surface area (TPSA) is 115 Å². The molecule has 13 unspecified atom stereocenters. The van der Waals surface area contributed by atoms with Gasteiger partial charge in [-0.25, -0.2) is 9.59 Å². The molecule has 0 aromatic heterocycles. The van der Waals surface area contributed by atoms with Crippen LogP contribution in [0.2, 0.25) is 0 Å². The number of hydrogen-bond donors (Lipinski definition) is 2. The highest BCUT2D eigenvalue weighted by atomic mass is 16.6. The van der Waals surface area contributed by atoms with E-state index in [1.54, 1.807) is 4.90 Å². The molecule has 0 aromatic carbocycles. The normalized spacial score (nSPS) is 49.6. The van der Waals surface area contributed by atoms with E-state index in [-0.39, 0.29) is 76.0 Å². The molecule has 3 aliphatic heterocycles. The second-order valence-electron chi connectivity index (χ2n) is 18.5. The molecule has 3 heterocycles. The fourth-order valence-electron chi connectivity index (χ4n) is 13.6. The molecule has 0 radical (unpaired) electrons. The van der Waals surface area contributed by atoms with Gasteiger partial charge < -0.3 is 34.9 Å². The van der Waals surface area contributed by atoms with Crippen LogP contribution in [-0.2, 0) is 14.2 Å². The third-order valence-electron chi connectivity index (χ3n) is 16.3. The summed E-state index contributed by atoms with van der Waals surface area (Å²) in [6, 6.07) is 0. The van der Waals surface area contributed by atoms with Gasteiger partial charge in [0.1, 0.15) is 12.2 Å². The summed E-state index contributed by atoms with van der Waals surface area (Å²) in [5.74, 6) is 1.37. The van der Waals surface area contributed by atoms with E-state index < -0.39 is 11.6 Å². The number of likely N-dealkylation sites (tertiary alicyclic amines) is 2. The van der Waals surface area contributed by atoms with Crippen molar-refractivity contribution in [3.63, 3.8) is 0 Å². The summed E-state index contributed by atoms with van der Waals surface area (Å²) in [7, 11) is 0. The highest BCUT2D eigenvalue weighted by molar-refractivity contribution is 5.69. The van der Waals surface area contributed by atoms with E-state index in [0.717, 1.165) is 90.4 Å². The number of carbonyl (C=O) groups excluding carboxylic acids is 2. The van der Waals surface area contributed by atoms with Crippen molar-refractivity contribution in [2.75, 3.05) is 26.2 Å². The second-order valence-corrected chi connectivity index (χ2v) is 18.5. The predicted octanol–water partition coefficient (Wildman–Crippen LogP) is 5.96. The standard InChI is InChI=1S/C38H61N3O6/c1-7-23-20-24(29(22(2)3)47-33(44)41-18-9-19-41)45-30-28(23)35(6)14-15-37-21-36(37)13-12-27(46-32(43)40-16-8-17-40)34(4,5)25(36)10-11-26(37)38(35,39)31(30)42/h22-31,42H,7-21,39H2,1-6H3. The first-order valence-corrected chi connectivity index (χ1v) is 19.3. The summed E-state index contributed by atoms with van der Waals surface area (Å²) in [6.07, 6.45) is 9.23. The first-order valence-electron chi connectivity index (χ1n) is 19.3. The Labute approximate surface area is 282 Å². The third-order valence-corrected chi connectivity index (χ3v) is 16.3. The van der Waals surface area contributed by atoms with Gasteiger partial charge in [-0.05, 0) is 110 Å². The summed E-state index contributed by atoms with van der Waals surface area (Å²) in [5.41, 5.74) is 7.14. The van der Waals surface area contributed by atoms with Gasteiger partial charge in [0.05, 0.1) is 23.9 Å². The van der Waals surface area contributed by atoms with E-state index in [4.69, 9.17) is 19.9 Å². The molecule has 2 spiro atoms. The van der Waals surface area contributed by atoms with Gasteiger partial charge in [0.15, 0.2) is 0 Å². The Balaban J connectivity index is 1.06. The number of fused-ring (bicyclic) bond motifs is 4. The minimum Gasteiger partial charge on any atom is -0.446 e. The van der Waals surface area contributed by atoms with Gasteiger partial charge in [0, 0.05) is 31.6 Å². The van der Waals surface area contributed by atoms with Crippen LogP contribution in [0.5, 0.6) is 0 Å². The molecule has 5 saturated carbocycles. The molecule has 8 rings (SSSR count). The fraction of sp³-hybridized carbons (Fsp3) is 0.947. The number of nitrogens with two attached hydrogens (primary N) is 1. The molecule has 8 aliphatic rings. The lowest BCUT2D eigenvalue weighted by molar-refractivity contribution is -0.182. The number of ether oxygens (including phenoxy) is 3. The van der Waals surface area contributed by atoms with Crippen molar-refractivity contribution in [1.82, 2.24) is 9.80 Å². The largest absolute Gasteiger partial charge is 0.446 e. The average molecular weight is 656 g/mol. The average Bonchev–Trinajstić information content (AvgIpc) is 3.60. The van der Waals surface area contributed by atoms with Gasteiger partial charge in [0.25, 0.3) is 0 Å². The number of hydrogen-bond acceptors (Lipinski definition) is 7. The molecule has 2 amide bonds. The quantitative estimate of drug-likeness (QED) is 0.376.